The summed E-state index contributed by atoms with van der Waals surface area (Å²) >= 11 is 0. The maximum Gasteiger partial charge on any atom is 0.0889 e. The van der Waals surface area contributed by atoms with Crippen molar-refractivity contribution >= 4 is 11.7 Å². The normalized spacial score (nSPS) is 19.5. The van der Waals surface area contributed by atoms with Gasteiger partial charge >= 0.3 is 0 Å². The third-order valence-electron chi connectivity index (χ3n) is 2.42. The van der Waals surface area contributed by atoms with Crippen LogP contribution in [0, 0.1) is 6.92 Å². The third kappa shape index (κ3) is 1.98. The van der Waals surface area contributed by atoms with Crippen LogP contribution in [0.5, 0.6) is 0 Å². The molecule has 15 heavy (non-hydrogen) atoms. The smallest absolute Gasteiger partial charge is 0.0889 e. The molecule has 0 saturated carbocycles. The van der Waals surface area contributed by atoms with E-state index in [-0.39, 0.29) is 0 Å². The van der Waals surface area contributed by atoms with Gasteiger partial charge in [-0.2, -0.15) is 5.10 Å². The summed E-state index contributed by atoms with van der Waals surface area (Å²) in [5, 5.41) is 14.6. The molecule has 1 N–H and O–H groups in total. The molecule has 0 bridgehead atoms. The van der Waals surface area contributed by atoms with Crippen LogP contribution in [0.25, 0.3) is 0 Å². The van der Waals surface area contributed by atoms with Gasteiger partial charge in [-0.05, 0) is 12.5 Å². The van der Waals surface area contributed by atoms with Crippen LogP contribution >= 0.6 is 0 Å². The molecule has 1 aliphatic heterocycles. The summed E-state index contributed by atoms with van der Waals surface area (Å²) in [6, 6.07) is 7.14. The second-order valence-electron chi connectivity index (χ2n) is 3.63. The third-order valence-corrected chi connectivity index (χ3v) is 2.42. The molecule has 0 radical (unpaired) electrons. The number of rotatable bonds is 2. The number of nitrogens with zero attached hydrogens (tertiary/aromatic N) is 1. The van der Waals surface area contributed by atoms with E-state index in [2.05, 4.69) is 10.5 Å². The van der Waals surface area contributed by atoms with Crippen LogP contribution < -0.4 is 10.5 Å². The second-order valence-corrected chi connectivity index (χ2v) is 3.63. The van der Waals surface area contributed by atoms with E-state index in [0.29, 0.717) is 6.42 Å². The Balaban J connectivity index is 2.14. The maximum atomic E-state index is 10.6. The lowest BCUT2D eigenvalue weighted by Crippen LogP contribution is -2.41. The van der Waals surface area contributed by atoms with Crippen molar-refractivity contribution in [2.75, 3.05) is 0 Å². The number of carboxylic acids is 1. The predicted octanol–water partition coefficient (Wildman–Crippen LogP) is -0.189. The number of aliphatic carboxylic acids is 1. The fourth-order valence-electron chi connectivity index (χ4n) is 1.50. The standard InChI is InChI=1S/C11H12N2O2/c1-7-2-4-8(5-3-7)9-6-10(11(14)15)13-12-9/h2-5,10,13H,6H2,1H3,(H,14,15)/p-1/t10-/m0/s1. The summed E-state index contributed by atoms with van der Waals surface area (Å²) in [6.07, 6.45) is 0.380. The van der Waals surface area contributed by atoms with E-state index < -0.39 is 12.0 Å². The van der Waals surface area contributed by atoms with Crippen LogP contribution in [0.4, 0.5) is 0 Å². The highest BCUT2D eigenvalue weighted by Crippen LogP contribution is 2.12. The molecule has 0 spiro atoms. The summed E-state index contributed by atoms with van der Waals surface area (Å²) in [5.74, 6) is -1.11. The summed E-state index contributed by atoms with van der Waals surface area (Å²) in [6.45, 7) is 2.00. The first-order valence-corrected chi connectivity index (χ1v) is 4.77. The van der Waals surface area contributed by atoms with Crippen molar-refractivity contribution in [3.05, 3.63) is 35.4 Å². The first kappa shape index (κ1) is 9.71. The lowest BCUT2D eigenvalue weighted by Gasteiger charge is -2.09. The van der Waals surface area contributed by atoms with Gasteiger partial charge in [0, 0.05) is 6.42 Å². The fraction of sp³-hybridized carbons (Fsp3) is 0.273. The Morgan fingerprint density at radius 1 is 1.47 bits per heavy atom. The molecule has 78 valence electrons. The van der Waals surface area contributed by atoms with Crippen LogP contribution in [0.15, 0.2) is 29.4 Å². The molecule has 1 aromatic carbocycles. The van der Waals surface area contributed by atoms with Gasteiger partial charge in [-0.3, -0.25) is 0 Å². The van der Waals surface area contributed by atoms with Crippen molar-refractivity contribution in [2.24, 2.45) is 5.10 Å². The van der Waals surface area contributed by atoms with E-state index in [9.17, 15) is 9.90 Å². The number of carbonyl (C=O) groups excluding carboxylic acids is 1. The van der Waals surface area contributed by atoms with Crippen molar-refractivity contribution in [1.82, 2.24) is 5.43 Å². The lowest BCUT2D eigenvalue weighted by molar-refractivity contribution is -0.308. The fourth-order valence-corrected chi connectivity index (χ4v) is 1.50. The van der Waals surface area contributed by atoms with Crippen molar-refractivity contribution in [1.29, 1.82) is 0 Å². The number of carboxylic acid groups (broad SMARTS) is 1. The van der Waals surface area contributed by atoms with E-state index in [1.165, 1.54) is 5.56 Å². The van der Waals surface area contributed by atoms with Crippen LogP contribution in [0.3, 0.4) is 0 Å². The first-order chi connectivity index (χ1) is 7.16. The van der Waals surface area contributed by atoms with Crippen molar-refractivity contribution in [3.63, 3.8) is 0 Å². The van der Waals surface area contributed by atoms with Crippen molar-refractivity contribution < 1.29 is 9.90 Å². The van der Waals surface area contributed by atoms with Gasteiger partial charge in [0.2, 0.25) is 0 Å². The average molecular weight is 203 g/mol. The molecule has 4 heteroatoms. The minimum absolute atomic E-state index is 0.380. The topological polar surface area (TPSA) is 64.5 Å². The van der Waals surface area contributed by atoms with E-state index in [0.717, 1.165) is 11.3 Å². The Labute approximate surface area is 87.6 Å². The molecule has 4 nitrogen and oxygen atoms in total. The number of carbonyl (C=O) groups is 1. The highest BCUT2D eigenvalue weighted by atomic mass is 16.4. The van der Waals surface area contributed by atoms with Gasteiger partial charge in [-0.25, -0.2) is 0 Å². The monoisotopic (exact) mass is 203 g/mol. The lowest BCUT2D eigenvalue weighted by atomic mass is 10.0. The minimum Gasteiger partial charge on any atom is -0.548 e. The number of hydrogen-bond donors (Lipinski definition) is 1. The Morgan fingerprint density at radius 3 is 2.67 bits per heavy atom. The second kappa shape index (κ2) is 3.73. The molecule has 0 fully saturated rings. The number of hydrogen-bond acceptors (Lipinski definition) is 4. The maximum absolute atomic E-state index is 10.6. The van der Waals surface area contributed by atoms with Gasteiger partial charge in [0.05, 0.1) is 17.7 Å². The number of aryl methyl sites for hydroxylation is 1. The molecular formula is C11H11N2O2-. The molecule has 1 atom stereocenters. The van der Waals surface area contributed by atoms with Crippen LogP contribution in [0.2, 0.25) is 0 Å². The van der Waals surface area contributed by atoms with E-state index in [1.54, 1.807) is 0 Å². The molecule has 0 amide bonds. The molecule has 0 aromatic heterocycles. The minimum atomic E-state index is -1.11. The number of benzene rings is 1. The summed E-state index contributed by atoms with van der Waals surface area (Å²) in [7, 11) is 0. The van der Waals surface area contributed by atoms with Crippen molar-refractivity contribution in [3.8, 4) is 0 Å². The first-order valence-electron chi connectivity index (χ1n) is 4.77. The quantitative estimate of drug-likeness (QED) is 0.724. The number of hydrazone groups is 1. The highest BCUT2D eigenvalue weighted by molar-refractivity contribution is 6.03. The molecule has 1 heterocycles. The van der Waals surface area contributed by atoms with Gasteiger partial charge in [0.15, 0.2) is 0 Å². The van der Waals surface area contributed by atoms with Gasteiger partial charge in [0.25, 0.3) is 0 Å². The SMILES string of the molecule is Cc1ccc(C2=NN[C@H](C(=O)[O-])C2)cc1. The Bertz CT molecular complexity index is 409. The Hall–Kier alpha value is -1.84. The van der Waals surface area contributed by atoms with Crippen LogP contribution in [-0.4, -0.2) is 17.7 Å². The molecule has 0 unspecified atom stereocenters. The zero-order valence-corrected chi connectivity index (χ0v) is 8.36. The van der Waals surface area contributed by atoms with Crippen LogP contribution in [-0.2, 0) is 4.79 Å². The average Bonchev–Trinajstić information content (AvgIpc) is 2.68. The van der Waals surface area contributed by atoms with Crippen LogP contribution in [0.1, 0.15) is 17.5 Å². The van der Waals surface area contributed by atoms with Crippen molar-refractivity contribution in [2.45, 2.75) is 19.4 Å². The molecule has 0 saturated heterocycles. The largest absolute Gasteiger partial charge is 0.548 e. The van der Waals surface area contributed by atoms with E-state index in [1.807, 2.05) is 31.2 Å². The molecule has 1 aliphatic rings. The molecule has 0 aliphatic carbocycles. The molecule has 2 rings (SSSR count). The zero-order valence-electron chi connectivity index (χ0n) is 8.36. The summed E-state index contributed by atoms with van der Waals surface area (Å²) < 4.78 is 0. The summed E-state index contributed by atoms with van der Waals surface area (Å²) in [4.78, 5) is 10.6. The van der Waals surface area contributed by atoms with E-state index >= 15 is 0 Å². The zero-order chi connectivity index (χ0) is 10.8. The highest BCUT2D eigenvalue weighted by Gasteiger charge is 2.19. The molecule has 1 aromatic rings. The van der Waals surface area contributed by atoms with Gasteiger partial charge < -0.3 is 15.3 Å². The number of nitrogens with one attached hydrogen (secondary N) is 1. The van der Waals surface area contributed by atoms with Gasteiger partial charge in [0.1, 0.15) is 0 Å². The Kier molecular flexibility index (Phi) is 2.41. The Morgan fingerprint density at radius 2 is 2.13 bits per heavy atom. The molecular weight excluding hydrogens is 192 g/mol. The predicted molar refractivity (Wildman–Crippen MR) is 54.3 cm³/mol. The van der Waals surface area contributed by atoms with E-state index in [4.69, 9.17) is 0 Å². The van der Waals surface area contributed by atoms with Gasteiger partial charge in [-0.15, -0.1) is 0 Å². The van der Waals surface area contributed by atoms with Gasteiger partial charge in [-0.1, -0.05) is 29.8 Å². The summed E-state index contributed by atoms with van der Waals surface area (Å²) in [5.41, 5.74) is 5.44.